The molecule has 1 fully saturated rings. The maximum Gasteiger partial charge on any atom is 1.00 e. The van der Waals surface area contributed by atoms with Gasteiger partial charge in [-0.3, -0.25) is 0 Å². The summed E-state index contributed by atoms with van der Waals surface area (Å²) in [5, 5.41) is 0. The molecule has 18 heavy (non-hydrogen) atoms. The molecule has 0 bridgehead atoms. The van der Waals surface area contributed by atoms with Crippen LogP contribution in [0.1, 0.15) is 12.8 Å². The second kappa shape index (κ2) is 7.31. The van der Waals surface area contributed by atoms with Gasteiger partial charge in [0, 0.05) is 6.61 Å². The first-order chi connectivity index (χ1) is 8.07. The number of ether oxygens (including phenoxy) is 2. The third kappa shape index (κ3) is 4.54. The Bertz CT molecular complexity index is 381. The average Bonchev–Trinajstić information content (AvgIpc) is 2.30. The minimum Gasteiger partial charge on any atom is -0.491 e. The summed E-state index contributed by atoms with van der Waals surface area (Å²) in [6.07, 6.45) is 1.28. The van der Waals surface area contributed by atoms with Crippen LogP contribution in [-0.4, -0.2) is 26.3 Å². The summed E-state index contributed by atoms with van der Waals surface area (Å²) in [6, 6.07) is 5.33. The van der Waals surface area contributed by atoms with Gasteiger partial charge >= 0.3 is 58.4 Å². The standard InChI is InChI=1S/C11H13BF3O2.K/c13-12(14,15)10-5-1-2-6-11(10)17-9-4-3-7-16-8-9;/h1-2,5-6,9H,3-4,7-8H2;/q-1;+1. The molecule has 0 aliphatic carbocycles. The monoisotopic (exact) mass is 284 g/mol. The molecule has 2 rings (SSSR count). The Morgan fingerprint density at radius 3 is 2.56 bits per heavy atom. The zero-order chi connectivity index (χ0) is 12.3. The van der Waals surface area contributed by atoms with E-state index in [-0.39, 0.29) is 63.2 Å². The summed E-state index contributed by atoms with van der Waals surface area (Å²) in [7, 11) is 0. The van der Waals surface area contributed by atoms with Gasteiger partial charge in [0.1, 0.15) is 6.10 Å². The van der Waals surface area contributed by atoms with Gasteiger partial charge in [-0.25, -0.2) is 0 Å². The van der Waals surface area contributed by atoms with Crippen LogP contribution in [0.15, 0.2) is 24.3 Å². The molecule has 2 nitrogen and oxygen atoms in total. The molecular formula is C11H13BF3KO2. The maximum atomic E-state index is 12.8. The topological polar surface area (TPSA) is 18.5 Å². The molecule has 1 aliphatic rings. The minimum atomic E-state index is -5.03. The molecule has 1 aliphatic heterocycles. The van der Waals surface area contributed by atoms with E-state index in [0.717, 1.165) is 18.9 Å². The van der Waals surface area contributed by atoms with Gasteiger partial charge in [0.05, 0.1) is 12.4 Å². The second-order valence-electron chi connectivity index (χ2n) is 4.07. The summed E-state index contributed by atoms with van der Waals surface area (Å²) < 4.78 is 48.8. The van der Waals surface area contributed by atoms with Crippen molar-refractivity contribution in [1.29, 1.82) is 0 Å². The molecule has 0 radical (unpaired) electrons. The van der Waals surface area contributed by atoms with Crippen LogP contribution in [0, 0.1) is 0 Å². The van der Waals surface area contributed by atoms with E-state index in [1.807, 2.05) is 0 Å². The molecule has 1 saturated heterocycles. The third-order valence-corrected chi connectivity index (χ3v) is 2.68. The summed E-state index contributed by atoms with van der Waals surface area (Å²) in [6.45, 7) is -4.02. The van der Waals surface area contributed by atoms with Gasteiger partial charge in [-0.1, -0.05) is 23.7 Å². The molecule has 94 valence electrons. The summed E-state index contributed by atoms with van der Waals surface area (Å²) in [4.78, 5) is 0. The van der Waals surface area contributed by atoms with Gasteiger partial charge in [0.15, 0.2) is 0 Å². The Labute approximate surface area is 147 Å². The molecule has 1 aromatic carbocycles. The van der Waals surface area contributed by atoms with Crippen LogP contribution in [0.3, 0.4) is 0 Å². The fourth-order valence-corrected chi connectivity index (χ4v) is 1.84. The Balaban J connectivity index is 0.00000162. The van der Waals surface area contributed by atoms with Crippen molar-refractivity contribution in [3.05, 3.63) is 24.3 Å². The van der Waals surface area contributed by atoms with Crippen molar-refractivity contribution in [1.82, 2.24) is 0 Å². The number of para-hydroxylation sites is 1. The zero-order valence-electron chi connectivity index (χ0n) is 10.2. The number of rotatable bonds is 3. The van der Waals surface area contributed by atoms with Crippen molar-refractivity contribution < 1.29 is 73.8 Å². The fourth-order valence-electron chi connectivity index (χ4n) is 1.84. The predicted octanol–water partition coefficient (Wildman–Crippen LogP) is -0.697. The van der Waals surface area contributed by atoms with Crippen LogP contribution < -0.4 is 61.6 Å². The van der Waals surface area contributed by atoms with Crippen LogP contribution in [0.4, 0.5) is 12.9 Å². The molecule has 7 heteroatoms. The average molecular weight is 284 g/mol. The normalized spacial score (nSPS) is 20.1. The molecule has 0 saturated carbocycles. The number of hydrogen-bond acceptors (Lipinski definition) is 2. The number of benzene rings is 1. The van der Waals surface area contributed by atoms with E-state index in [4.69, 9.17) is 9.47 Å². The van der Waals surface area contributed by atoms with E-state index < -0.39 is 12.4 Å². The molecule has 0 spiro atoms. The Morgan fingerprint density at radius 1 is 1.22 bits per heavy atom. The Hall–Kier alpha value is 0.471. The molecule has 1 atom stereocenters. The number of halogens is 3. The summed E-state index contributed by atoms with van der Waals surface area (Å²) >= 11 is 0. The Morgan fingerprint density at radius 2 is 1.94 bits per heavy atom. The zero-order valence-corrected chi connectivity index (χ0v) is 13.4. The largest absolute Gasteiger partial charge is 1.00 e. The van der Waals surface area contributed by atoms with Crippen LogP contribution in [0.25, 0.3) is 0 Å². The van der Waals surface area contributed by atoms with Gasteiger partial charge < -0.3 is 22.4 Å². The van der Waals surface area contributed by atoms with E-state index in [9.17, 15) is 12.9 Å². The molecule has 0 N–H and O–H groups in total. The van der Waals surface area contributed by atoms with E-state index in [0.29, 0.717) is 13.2 Å². The Kier molecular flexibility index (Phi) is 6.71. The maximum absolute atomic E-state index is 12.8. The fraction of sp³-hybridized carbons (Fsp3) is 0.455. The molecule has 0 amide bonds. The predicted molar refractivity (Wildman–Crippen MR) is 59.6 cm³/mol. The number of hydrogen-bond donors (Lipinski definition) is 0. The minimum absolute atomic E-state index is 0. The SMILES string of the molecule is F[B-](F)(F)c1ccccc1OC1CCCOC1.[K+]. The van der Waals surface area contributed by atoms with Gasteiger partial charge in [-0.05, 0) is 18.9 Å². The second-order valence-corrected chi connectivity index (χ2v) is 4.07. The van der Waals surface area contributed by atoms with Crippen LogP contribution in [0.5, 0.6) is 5.75 Å². The van der Waals surface area contributed by atoms with Crippen molar-refractivity contribution in [2.75, 3.05) is 13.2 Å². The first-order valence-electron chi connectivity index (χ1n) is 5.60. The summed E-state index contributed by atoms with van der Waals surface area (Å²) in [5.74, 6) is -0.0875. The summed E-state index contributed by atoms with van der Waals surface area (Å²) in [5.41, 5.74) is -0.668. The van der Waals surface area contributed by atoms with Crippen molar-refractivity contribution >= 4 is 12.4 Å². The van der Waals surface area contributed by atoms with E-state index in [1.54, 1.807) is 6.07 Å². The molecule has 0 aromatic heterocycles. The van der Waals surface area contributed by atoms with Gasteiger partial charge in [-0.15, -0.1) is 0 Å². The van der Waals surface area contributed by atoms with Crippen LogP contribution in [-0.2, 0) is 4.74 Å². The van der Waals surface area contributed by atoms with Crippen molar-refractivity contribution in [2.45, 2.75) is 18.9 Å². The molecule has 1 heterocycles. The van der Waals surface area contributed by atoms with Crippen molar-refractivity contribution in [3.8, 4) is 5.75 Å². The van der Waals surface area contributed by atoms with Gasteiger partial charge in [-0.2, -0.15) is 0 Å². The van der Waals surface area contributed by atoms with Crippen molar-refractivity contribution in [2.24, 2.45) is 0 Å². The van der Waals surface area contributed by atoms with Gasteiger partial charge in [0.25, 0.3) is 0 Å². The molecular weight excluding hydrogens is 271 g/mol. The van der Waals surface area contributed by atoms with Gasteiger partial charge in [0.2, 0.25) is 0 Å². The molecule has 1 aromatic rings. The quantitative estimate of drug-likeness (QED) is 0.684. The smallest absolute Gasteiger partial charge is 0.491 e. The van der Waals surface area contributed by atoms with E-state index in [2.05, 4.69) is 0 Å². The van der Waals surface area contributed by atoms with Crippen LogP contribution >= 0.6 is 0 Å². The third-order valence-electron chi connectivity index (χ3n) is 2.68. The first-order valence-corrected chi connectivity index (χ1v) is 5.60. The van der Waals surface area contributed by atoms with E-state index in [1.165, 1.54) is 12.1 Å². The van der Waals surface area contributed by atoms with Crippen molar-refractivity contribution in [3.63, 3.8) is 0 Å². The van der Waals surface area contributed by atoms with E-state index >= 15 is 0 Å². The first kappa shape index (κ1) is 16.5. The molecule has 1 unspecified atom stereocenters. The van der Waals surface area contributed by atoms with Crippen LogP contribution in [0.2, 0.25) is 0 Å².